The third kappa shape index (κ3) is 1.51. The number of carbonyl (C=O) groups is 1. The van der Waals surface area contributed by atoms with Crippen LogP contribution in [0.15, 0.2) is 30.4 Å². The summed E-state index contributed by atoms with van der Waals surface area (Å²) in [7, 11) is 0. The molecule has 1 spiro atoms. The van der Waals surface area contributed by atoms with Gasteiger partial charge in [0.2, 0.25) is 0 Å². The molecular formula is C18H20O. The number of Topliss-reactive ketones (excluding diaryl/α,β-unsaturated/α-hetero) is 1. The Morgan fingerprint density at radius 2 is 2.16 bits per heavy atom. The third-order valence-corrected chi connectivity index (χ3v) is 5.62. The maximum absolute atomic E-state index is 12.6. The van der Waals surface area contributed by atoms with Crippen molar-refractivity contribution in [3.8, 4) is 0 Å². The lowest BCUT2D eigenvalue weighted by molar-refractivity contribution is 0.0847. The molecule has 0 aliphatic heterocycles. The molecule has 98 valence electrons. The van der Waals surface area contributed by atoms with E-state index in [1.807, 2.05) is 12.1 Å². The van der Waals surface area contributed by atoms with Crippen LogP contribution in [0.2, 0.25) is 0 Å². The molecule has 3 aliphatic carbocycles. The van der Waals surface area contributed by atoms with Crippen LogP contribution in [0.3, 0.4) is 0 Å². The Hall–Kier alpha value is -1.37. The summed E-state index contributed by atoms with van der Waals surface area (Å²) in [6.45, 7) is 2.20. The quantitative estimate of drug-likeness (QED) is 0.691. The molecule has 0 aromatic heterocycles. The van der Waals surface area contributed by atoms with Crippen molar-refractivity contribution in [2.45, 2.75) is 39.0 Å². The Bertz CT molecular complexity index is 583. The number of aryl methyl sites for hydroxylation is 1. The fraction of sp³-hybridized carbons (Fsp3) is 0.500. The average Bonchev–Trinajstić information content (AvgIpc) is 2.98. The van der Waals surface area contributed by atoms with E-state index in [1.165, 1.54) is 24.0 Å². The zero-order chi connectivity index (χ0) is 13.0. The molecule has 0 N–H and O–H groups in total. The summed E-state index contributed by atoms with van der Waals surface area (Å²) in [5, 5.41) is 0. The molecule has 0 amide bonds. The van der Waals surface area contributed by atoms with Crippen LogP contribution in [0.25, 0.3) is 0 Å². The molecule has 4 rings (SSSR count). The summed E-state index contributed by atoms with van der Waals surface area (Å²) in [5.74, 6) is 1.78. The highest BCUT2D eigenvalue weighted by Gasteiger charge is 2.51. The molecule has 19 heavy (non-hydrogen) atoms. The van der Waals surface area contributed by atoms with E-state index in [0.29, 0.717) is 11.7 Å². The SMILES string of the molecule is CCc1cccc2c1CC1(CC2=O)CC2C=CC1C2. The minimum absolute atomic E-state index is 0.259. The second-order valence-corrected chi connectivity index (χ2v) is 6.63. The van der Waals surface area contributed by atoms with Gasteiger partial charge in [-0.05, 0) is 54.1 Å². The number of carbonyl (C=O) groups excluding carboxylic acids is 1. The van der Waals surface area contributed by atoms with Crippen molar-refractivity contribution < 1.29 is 4.79 Å². The first-order valence-corrected chi connectivity index (χ1v) is 7.54. The van der Waals surface area contributed by atoms with Crippen molar-refractivity contribution in [3.63, 3.8) is 0 Å². The van der Waals surface area contributed by atoms with Crippen molar-refractivity contribution in [1.82, 2.24) is 0 Å². The van der Waals surface area contributed by atoms with Gasteiger partial charge in [0, 0.05) is 12.0 Å². The molecule has 1 aromatic rings. The second-order valence-electron chi connectivity index (χ2n) is 6.63. The van der Waals surface area contributed by atoms with Crippen molar-refractivity contribution >= 4 is 5.78 Å². The van der Waals surface area contributed by atoms with Gasteiger partial charge in [-0.15, -0.1) is 0 Å². The fourth-order valence-corrected chi connectivity index (χ4v) is 4.73. The highest BCUT2D eigenvalue weighted by atomic mass is 16.1. The number of hydrogen-bond acceptors (Lipinski definition) is 1. The molecule has 0 saturated heterocycles. The maximum Gasteiger partial charge on any atom is 0.163 e. The summed E-state index contributed by atoms with van der Waals surface area (Å²) < 4.78 is 0. The standard InChI is InChI=1S/C18H20O/c1-2-13-4-3-5-15-16(13)10-18(11-17(15)19)9-12-6-7-14(18)8-12/h3-7,12,14H,2,8-11H2,1H3. The highest BCUT2D eigenvalue weighted by Crippen LogP contribution is 2.57. The van der Waals surface area contributed by atoms with Crippen LogP contribution in [0.4, 0.5) is 0 Å². The van der Waals surface area contributed by atoms with Crippen LogP contribution in [0.1, 0.15) is 47.7 Å². The molecular weight excluding hydrogens is 232 g/mol. The Balaban J connectivity index is 1.82. The molecule has 1 heteroatoms. The van der Waals surface area contributed by atoms with Crippen molar-refractivity contribution in [3.05, 3.63) is 47.0 Å². The molecule has 1 nitrogen and oxygen atoms in total. The lowest BCUT2D eigenvalue weighted by Gasteiger charge is -2.40. The predicted octanol–water partition coefficient (Wildman–Crippen LogP) is 3.96. The van der Waals surface area contributed by atoms with E-state index in [0.717, 1.165) is 30.7 Å². The van der Waals surface area contributed by atoms with Gasteiger partial charge < -0.3 is 0 Å². The minimum atomic E-state index is 0.259. The van der Waals surface area contributed by atoms with E-state index < -0.39 is 0 Å². The van der Waals surface area contributed by atoms with Crippen LogP contribution in [-0.4, -0.2) is 5.78 Å². The van der Waals surface area contributed by atoms with E-state index in [1.54, 1.807) is 0 Å². The molecule has 0 radical (unpaired) electrons. The Labute approximate surface area is 114 Å². The molecule has 1 fully saturated rings. The Kier molecular flexibility index (Phi) is 2.30. The maximum atomic E-state index is 12.6. The lowest BCUT2D eigenvalue weighted by atomic mass is 9.63. The summed E-state index contributed by atoms with van der Waals surface area (Å²) in [6, 6.07) is 6.29. The van der Waals surface area contributed by atoms with Gasteiger partial charge in [-0.25, -0.2) is 0 Å². The third-order valence-electron chi connectivity index (χ3n) is 5.62. The number of allylic oxidation sites excluding steroid dienone is 2. The largest absolute Gasteiger partial charge is 0.294 e. The first kappa shape index (κ1) is 11.5. The van der Waals surface area contributed by atoms with Gasteiger partial charge in [-0.3, -0.25) is 4.79 Å². The molecule has 1 saturated carbocycles. The van der Waals surface area contributed by atoms with E-state index >= 15 is 0 Å². The van der Waals surface area contributed by atoms with Crippen LogP contribution in [0.5, 0.6) is 0 Å². The van der Waals surface area contributed by atoms with Crippen molar-refractivity contribution in [1.29, 1.82) is 0 Å². The monoisotopic (exact) mass is 252 g/mol. The molecule has 1 aromatic carbocycles. The van der Waals surface area contributed by atoms with E-state index in [2.05, 4.69) is 25.1 Å². The Morgan fingerprint density at radius 3 is 2.84 bits per heavy atom. The van der Waals surface area contributed by atoms with Gasteiger partial charge in [-0.2, -0.15) is 0 Å². The number of fused-ring (bicyclic) bond motifs is 4. The lowest BCUT2D eigenvalue weighted by Crippen LogP contribution is -2.36. The van der Waals surface area contributed by atoms with Crippen LogP contribution in [-0.2, 0) is 12.8 Å². The highest BCUT2D eigenvalue weighted by molar-refractivity contribution is 5.99. The van der Waals surface area contributed by atoms with Crippen LogP contribution >= 0.6 is 0 Å². The van der Waals surface area contributed by atoms with Crippen molar-refractivity contribution in [2.24, 2.45) is 17.3 Å². The first-order chi connectivity index (χ1) is 9.22. The van der Waals surface area contributed by atoms with E-state index in [4.69, 9.17) is 0 Å². The average molecular weight is 252 g/mol. The van der Waals surface area contributed by atoms with E-state index in [-0.39, 0.29) is 5.41 Å². The predicted molar refractivity (Wildman–Crippen MR) is 76.3 cm³/mol. The molecule has 3 unspecified atom stereocenters. The number of rotatable bonds is 1. The van der Waals surface area contributed by atoms with Gasteiger partial charge in [0.25, 0.3) is 0 Å². The van der Waals surface area contributed by atoms with Gasteiger partial charge in [0.15, 0.2) is 5.78 Å². The smallest absolute Gasteiger partial charge is 0.163 e. The molecule has 3 aliphatic rings. The molecule has 0 heterocycles. The van der Waals surface area contributed by atoms with Crippen LogP contribution < -0.4 is 0 Å². The molecule has 2 bridgehead atoms. The zero-order valence-corrected chi connectivity index (χ0v) is 11.5. The number of benzene rings is 1. The molecule has 3 atom stereocenters. The number of hydrogen-bond donors (Lipinski definition) is 0. The van der Waals surface area contributed by atoms with E-state index in [9.17, 15) is 4.79 Å². The number of ketones is 1. The first-order valence-electron chi connectivity index (χ1n) is 7.54. The fourth-order valence-electron chi connectivity index (χ4n) is 4.73. The van der Waals surface area contributed by atoms with Gasteiger partial charge in [0.1, 0.15) is 0 Å². The topological polar surface area (TPSA) is 17.1 Å². The summed E-state index contributed by atoms with van der Waals surface area (Å²) in [6.07, 6.45) is 10.2. The summed E-state index contributed by atoms with van der Waals surface area (Å²) in [5.41, 5.74) is 4.02. The zero-order valence-electron chi connectivity index (χ0n) is 11.5. The minimum Gasteiger partial charge on any atom is -0.294 e. The van der Waals surface area contributed by atoms with Gasteiger partial charge in [-0.1, -0.05) is 37.3 Å². The van der Waals surface area contributed by atoms with Crippen LogP contribution in [0, 0.1) is 17.3 Å². The normalized spacial score (nSPS) is 35.1. The van der Waals surface area contributed by atoms with Crippen molar-refractivity contribution in [2.75, 3.05) is 0 Å². The van der Waals surface area contributed by atoms with Gasteiger partial charge >= 0.3 is 0 Å². The van der Waals surface area contributed by atoms with Gasteiger partial charge in [0.05, 0.1) is 0 Å². The summed E-state index contributed by atoms with van der Waals surface area (Å²) >= 11 is 0. The Morgan fingerprint density at radius 1 is 1.26 bits per heavy atom. The second kappa shape index (κ2) is 3.82. The summed E-state index contributed by atoms with van der Waals surface area (Å²) in [4.78, 5) is 12.6.